The van der Waals surface area contributed by atoms with Gasteiger partial charge in [-0.15, -0.1) is 0 Å². The van der Waals surface area contributed by atoms with Gasteiger partial charge >= 0.3 is 0 Å². The molecule has 1 heterocycles. The fraction of sp³-hybridized carbons (Fsp3) is 0.200. The Balaban J connectivity index is 1.86. The summed E-state index contributed by atoms with van der Waals surface area (Å²) in [5, 5.41) is 12.2. The summed E-state index contributed by atoms with van der Waals surface area (Å²) in [7, 11) is -3.61. The van der Waals surface area contributed by atoms with E-state index >= 15 is 0 Å². The molecule has 0 amide bonds. The van der Waals surface area contributed by atoms with Gasteiger partial charge in [0.2, 0.25) is 0 Å². The maximum atomic E-state index is 12.4. The van der Waals surface area contributed by atoms with Crippen LogP contribution >= 0.6 is 0 Å². The first-order valence-corrected chi connectivity index (χ1v) is 8.16. The van der Waals surface area contributed by atoms with Crippen LogP contribution in [0.3, 0.4) is 0 Å². The molecule has 0 aromatic heterocycles. The Hall–Kier alpha value is -2.05. The molecule has 0 saturated heterocycles. The van der Waals surface area contributed by atoms with Crippen molar-refractivity contribution in [1.82, 2.24) is 0 Å². The van der Waals surface area contributed by atoms with Gasteiger partial charge in [0.05, 0.1) is 11.5 Å². The molecule has 0 bridgehead atoms. The van der Waals surface area contributed by atoms with E-state index < -0.39 is 10.0 Å². The smallest absolute Gasteiger partial charge is 0.261 e. The van der Waals surface area contributed by atoms with Crippen molar-refractivity contribution in [3.63, 3.8) is 0 Å². The van der Waals surface area contributed by atoms with Crippen molar-refractivity contribution in [2.75, 3.05) is 16.6 Å². The molecule has 0 atom stereocenters. The maximum absolute atomic E-state index is 12.4. The zero-order valence-electron chi connectivity index (χ0n) is 11.3. The zero-order valence-corrected chi connectivity index (χ0v) is 12.2. The van der Waals surface area contributed by atoms with E-state index in [-0.39, 0.29) is 11.5 Å². The highest BCUT2D eigenvalue weighted by molar-refractivity contribution is 7.92. The number of nitrogens with one attached hydrogen (secondary N) is 2. The molecule has 0 unspecified atom stereocenters. The van der Waals surface area contributed by atoms with Crippen LogP contribution in [0.2, 0.25) is 0 Å². The lowest BCUT2D eigenvalue weighted by Gasteiger charge is -2.10. The minimum atomic E-state index is -3.61. The molecule has 0 radical (unpaired) electrons. The lowest BCUT2D eigenvalue weighted by atomic mass is 10.2. The van der Waals surface area contributed by atoms with Crippen LogP contribution < -0.4 is 10.0 Å². The molecule has 0 fully saturated rings. The van der Waals surface area contributed by atoms with Crippen LogP contribution in [0.15, 0.2) is 47.4 Å². The third kappa shape index (κ3) is 2.86. The summed E-state index contributed by atoms with van der Waals surface area (Å²) in [6.45, 7) is 0.776. The molecule has 0 saturated carbocycles. The summed E-state index contributed by atoms with van der Waals surface area (Å²) >= 11 is 0. The van der Waals surface area contributed by atoms with E-state index in [1.165, 1.54) is 0 Å². The van der Waals surface area contributed by atoms with Gasteiger partial charge in [0.1, 0.15) is 0 Å². The SMILES string of the molecule is O=S(=O)(Nc1ccc(CO)cc1)c1ccc2c(c1)NCC2. The molecule has 1 aliphatic rings. The number of aliphatic hydroxyl groups is 1. The van der Waals surface area contributed by atoms with Gasteiger partial charge in [0, 0.05) is 17.9 Å². The minimum Gasteiger partial charge on any atom is -0.392 e. The van der Waals surface area contributed by atoms with Crippen molar-refractivity contribution in [2.45, 2.75) is 17.9 Å². The topological polar surface area (TPSA) is 78.4 Å². The van der Waals surface area contributed by atoms with E-state index in [0.29, 0.717) is 5.69 Å². The van der Waals surface area contributed by atoms with Crippen molar-refractivity contribution < 1.29 is 13.5 Å². The van der Waals surface area contributed by atoms with Crippen molar-refractivity contribution in [3.05, 3.63) is 53.6 Å². The Bertz CT molecular complexity index is 755. The van der Waals surface area contributed by atoms with E-state index in [0.717, 1.165) is 29.8 Å². The Kier molecular flexibility index (Phi) is 3.57. The molecule has 3 rings (SSSR count). The predicted molar refractivity (Wildman–Crippen MR) is 81.8 cm³/mol. The van der Waals surface area contributed by atoms with Crippen LogP contribution in [-0.4, -0.2) is 20.1 Å². The van der Waals surface area contributed by atoms with Crippen LogP contribution in [0, 0.1) is 0 Å². The summed E-state index contributed by atoms with van der Waals surface area (Å²) in [4.78, 5) is 0.238. The summed E-state index contributed by atoms with van der Waals surface area (Å²) in [5.41, 5.74) is 3.23. The average molecular weight is 304 g/mol. The first kappa shape index (κ1) is 13.9. The average Bonchev–Trinajstić information content (AvgIpc) is 2.95. The fourth-order valence-corrected chi connectivity index (χ4v) is 3.41. The van der Waals surface area contributed by atoms with Crippen LogP contribution in [0.4, 0.5) is 11.4 Å². The first-order valence-electron chi connectivity index (χ1n) is 6.68. The predicted octanol–water partition coefficient (Wildman–Crippen LogP) is 1.95. The van der Waals surface area contributed by atoms with Crippen molar-refractivity contribution in [1.29, 1.82) is 0 Å². The number of sulfonamides is 1. The van der Waals surface area contributed by atoms with Gasteiger partial charge in [0.25, 0.3) is 10.0 Å². The number of aliphatic hydroxyl groups excluding tert-OH is 1. The molecule has 110 valence electrons. The fourth-order valence-electron chi connectivity index (χ4n) is 2.33. The van der Waals surface area contributed by atoms with Crippen molar-refractivity contribution >= 4 is 21.4 Å². The minimum absolute atomic E-state index is 0.0660. The quantitative estimate of drug-likeness (QED) is 0.806. The van der Waals surface area contributed by atoms with Gasteiger partial charge < -0.3 is 10.4 Å². The monoisotopic (exact) mass is 304 g/mol. The van der Waals surface area contributed by atoms with Gasteiger partial charge in [-0.1, -0.05) is 18.2 Å². The number of anilines is 2. The third-order valence-corrected chi connectivity index (χ3v) is 4.87. The summed E-state index contributed by atoms with van der Waals surface area (Å²) in [5.74, 6) is 0. The summed E-state index contributed by atoms with van der Waals surface area (Å²) in [6.07, 6.45) is 0.922. The normalized spacial score (nSPS) is 13.6. The number of hydrogen-bond donors (Lipinski definition) is 3. The second kappa shape index (κ2) is 5.38. The molecular formula is C15H16N2O3S. The summed E-state index contributed by atoms with van der Waals surface area (Å²) < 4.78 is 27.3. The Morgan fingerprint density at radius 2 is 1.90 bits per heavy atom. The van der Waals surface area contributed by atoms with Gasteiger partial charge in [-0.2, -0.15) is 0 Å². The van der Waals surface area contributed by atoms with Crippen LogP contribution in [-0.2, 0) is 23.1 Å². The van der Waals surface area contributed by atoms with E-state index in [4.69, 9.17) is 5.11 Å². The Labute approximate surface area is 123 Å². The second-order valence-corrected chi connectivity index (χ2v) is 6.64. The second-order valence-electron chi connectivity index (χ2n) is 4.96. The largest absolute Gasteiger partial charge is 0.392 e. The number of rotatable bonds is 4. The first-order chi connectivity index (χ1) is 10.1. The molecule has 0 spiro atoms. The lowest BCUT2D eigenvalue weighted by Crippen LogP contribution is -2.13. The van der Waals surface area contributed by atoms with Gasteiger partial charge in [-0.3, -0.25) is 4.72 Å². The van der Waals surface area contributed by atoms with Crippen LogP contribution in [0.5, 0.6) is 0 Å². The Morgan fingerprint density at radius 3 is 2.62 bits per heavy atom. The van der Waals surface area contributed by atoms with Gasteiger partial charge in [0.15, 0.2) is 0 Å². The zero-order chi connectivity index (χ0) is 14.9. The molecule has 1 aliphatic heterocycles. The van der Waals surface area contributed by atoms with Gasteiger partial charge in [-0.25, -0.2) is 8.42 Å². The van der Waals surface area contributed by atoms with E-state index in [9.17, 15) is 8.42 Å². The molecule has 0 aliphatic carbocycles. The highest BCUT2D eigenvalue weighted by Crippen LogP contribution is 2.26. The third-order valence-electron chi connectivity index (χ3n) is 3.49. The molecule has 2 aromatic carbocycles. The van der Waals surface area contributed by atoms with Crippen molar-refractivity contribution in [2.24, 2.45) is 0 Å². The molecular weight excluding hydrogens is 288 g/mol. The van der Waals surface area contributed by atoms with E-state index in [1.807, 2.05) is 6.07 Å². The molecule has 3 N–H and O–H groups in total. The number of hydrogen-bond acceptors (Lipinski definition) is 4. The van der Waals surface area contributed by atoms with Crippen molar-refractivity contribution in [3.8, 4) is 0 Å². The van der Waals surface area contributed by atoms with Gasteiger partial charge in [-0.05, 0) is 41.8 Å². The molecule has 5 nitrogen and oxygen atoms in total. The van der Waals surface area contributed by atoms with Crippen LogP contribution in [0.1, 0.15) is 11.1 Å². The molecule has 2 aromatic rings. The Morgan fingerprint density at radius 1 is 1.14 bits per heavy atom. The molecule has 6 heteroatoms. The highest BCUT2D eigenvalue weighted by Gasteiger charge is 2.18. The number of fused-ring (bicyclic) bond motifs is 1. The molecule has 21 heavy (non-hydrogen) atoms. The highest BCUT2D eigenvalue weighted by atomic mass is 32.2. The lowest BCUT2D eigenvalue weighted by molar-refractivity contribution is 0.282. The van der Waals surface area contributed by atoms with Crippen LogP contribution in [0.25, 0.3) is 0 Å². The number of benzene rings is 2. The van der Waals surface area contributed by atoms with E-state index in [2.05, 4.69) is 10.0 Å². The maximum Gasteiger partial charge on any atom is 0.261 e. The summed E-state index contributed by atoms with van der Waals surface area (Å²) in [6, 6.07) is 11.8. The standard InChI is InChI=1S/C15H16N2O3S/c18-10-11-1-4-13(5-2-11)17-21(19,20)14-6-3-12-7-8-16-15(12)9-14/h1-6,9,16-18H,7-8,10H2. The van der Waals surface area contributed by atoms with E-state index in [1.54, 1.807) is 36.4 Å².